The lowest BCUT2D eigenvalue weighted by Gasteiger charge is -2.42. The van der Waals surface area contributed by atoms with Gasteiger partial charge in [0.15, 0.2) is 0 Å². The van der Waals surface area contributed by atoms with Gasteiger partial charge in [-0.3, -0.25) is 4.68 Å². The largest absolute Gasteiger partial charge is 0.481 e. The minimum atomic E-state index is -0.502. The average Bonchev–Trinajstić information content (AvgIpc) is 3.39. The average molecular weight is 551 g/mol. The van der Waals surface area contributed by atoms with Gasteiger partial charge in [0.25, 0.3) is 0 Å². The van der Waals surface area contributed by atoms with E-state index in [2.05, 4.69) is 31.1 Å². The maximum atomic E-state index is 12.8. The zero-order valence-electron chi connectivity index (χ0n) is 24.8. The number of carbonyl (C=O) groups excluding carboxylic acids is 1. The van der Waals surface area contributed by atoms with E-state index in [1.165, 1.54) is 5.56 Å². The second-order valence-corrected chi connectivity index (χ2v) is 12.2. The third-order valence-electron chi connectivity index (χ3n) is 7.78. The molecular formula is C30H42N6O4. The van der Waals surface area contributed by atoms with Crippen LogP contribution >= 0.6 is 0 Å². The number of hydrogen-bond donors (Lipinski definition) is 0. The first-order chi connectivity index (χ1) is 19.0. The molecule has 0 unspecified atom stereocenters. The number of pyridine rings is 1. The molecule has 3 atom stereocenters. The highest BCUT2D eigenvalue weighted by Gasteiger charge is 2.36. The molecule has 216 valence electrons. The Bertz CT molecular complexity index is 1340. The summed E-state index contributed by atoms with van der Waals surface area (Å²) in [5, 5.41) is 9.80. The molecule has 1 amide bonds. The molecule has 40 heavy (non-hydrogen) atoms. The van der Waals surface area contributed by atoms with E-state index in [0.29, 0.717) is 25.0 Å². The predicted octanol–water partition coefficient (Wildman–Crippen LogP) is 4.99. The van der Waals surface area contributed by atoms with Gasteiger partial charge in [0, 0.05) is 47.9 Å². The summed E-state index contributed by atoms with van der Waals surface area (Å²) in [5.41, 5.74) is 5.68. The lowest BCUT2D eigenvalue weighted by atomic mass is 9.87. The van der Waals surface area contributed by atoms with Crippen LogP contribution in [0.1, 0.15) is 64.3 Å². The number of hydrogen-bond acceptors (Lipinski definition) is 7. The molecule has 5 rings (SSSR count). The SMILES string of the molecule is COc1ncc(-c2nn(-c3cnn(C[C@H]4C[C@@H](C)N(C(=O)OC(C)(C)C)[C@@H](C)C4)c3)c3c2CCOCC3)cc1C. The fourth-order valence-electron chi connectivity index (χ4n) is 6.17. The van der Waals surface area contributed by atoms with E-state index in [4.69, 9.17) is 24.4 Å². The number of carbonyl (C=O) groups is 1. The van der Waals surface area contributed by atoms with Crippen molar-refractivity contribution in [2.45, 2.75) is 91.5 Å². The first-order valence-electron chi connectivity index (χ1n) is 14.3. The monoisotopic (exact) mass is 550 g/mol. The van der Waals surface area contributed by atoms with Gasteiger partial charge >= 0.3 is 6.09 Å². The standard InChI is InChI=1S/C30H42N6O4/c1-19-12-23(15-31-28(19)38-7)27-25-8-10-39-11-9-26(25)36(33-27)24-16-32-34(18-24)17-22-13-20(2)35(21(3)14-22)29(37)40-30(4,5)6/h12,15-16,18,20-22H,8-11,13-14,17H2,1-7H3/t20-,21+,22+. The fraction of sp³-hybridized carbons (Fsp3) is 0.600. The Hall–Kier alpha value is -3.40. The molecule has 10 heteroatoms. The highest BCUT2D eigenvalue weighted by molar-refractivity contribution is 5.69. The second-order valence-electron chi connectivity index (χ2n) is 12.2. The summed E-state index contributed by atoms with van der Waals surface area (Å²) in [5.74, 6) is 1.03. The molecule has 0 saturated carbocycles. The van der Waals surface area contributed by atoms with Gasteiger partial charge in [-0.05, 0) is 72.8 Å². The number of aryl methyl sites for hydroxylation is 1. The lowest BCUT2D eigenvalue weighted by Crippen LogP contribution is -2.51. The predicted molar refractivity (Wildman–Crippen MR) is 152 cm³/mol. The fourth-order valence-corrected chi connectivity index (χ4v) is 6.17. The maximum Gasteiger partial charge on any atom is 0.410 e. The second kappa shape index (κ2) is 11.2. The minimum Gasteiger partial charge on any atom is -0.481 e. The number of ether oxygens (including phenoxy) is 3. The van der Waals surface area contributed by atoms with Crippen LogP contribution in [-0.4, -0.2) is 73.5 Å². The first-order valence-corrected chi connectivity index (χ1v) is 14.3. The van der Waals surface area contributed by atoms with Gasteiger partial charge in [0.05, 0.1) is 44.1 Å². The molecule has 0 N–H and O–H groups in total. The Labute approximate surface area is 236 Å². The summed E-state index contributed by atoms with van der Waals surface area (Å²) in [6.07, 6.45) is 8.97. The van der Waals surface area contributed by atoms with Crippen LogP contribution in [0.5, 0.6) is 5.88 Å². The summed E-state index contributed by atoms with van der Waals surface area (Å²) in [6, 6.07) is 2.29. The van der Waals surface area contributed by atoms with Crippen molar-refractivity contribution < 1.29 is 19.0 Å². The molecule has 10 nitrogen and oxygen atoms in total. The van der Waals surface area contributed by atoms with Crippen LogP contribution in [-0.2, 0) is 28.9 Å². The zero-order valence-corrected chi connectivity index (χ0v) is 24.8. The van der Waals surface area contributed by atoms with Crippen molar-refractivity contribution in [3.63, 3.8) is 0 Å². The maximum absolute atomic E-state index is 12.8. The topological polar surface area (TPSA) is 96.5 Å². The van der Waals surface area contributed by atoms with Gasteiger partial charge in [-0.1, -0.05) is 0 Å². The molecule has 2 aliphatic heterocycles. The number of fused-ring (bicyclic) bond motifs is 1. The van der Waals surface area contributed by atoms with E-state index in [1.54, 1.807) is 7.11 Å². The molecular weight excluding hydrogens is 508 g/mol. The van der Waals surface area contributed by atoms with E-state index in [-0.39, 0.29) is 18.2 Å². The Balaban J connectivity index is 1.36. The molecule has 1 fully saturated rings. The quantitative estimate of drug-likeness (QED) is 0.442. The number of amides is 1. The molecule has 5 heterocycles. The Kier molecular flexibility index (Phi) is 7.90. The highest BCUT2D eigenvalue weighted by atomic mass is 16.6. The summed E-state index contributed by atoms with van der Waals surface area (Å²) in [4.78, 5) is 19.2. The van der Waals surface area contributed by atoms with Crippen molar-refractivity contribution in [2.75, 3.05) is 20.3 Å². The van der Waals surface area contributed by atoms with Gasteiger partial charge in [-0.2, -0.15) is 10.2 Å². The molecule has 0 bridgehead atoms. The number of rotatable bonds is 5. The van der Waals surface area contributed by atoms with E-state index >= 15 is 0 Å². The van der Waals surface area contributed by atoms with Crippen molar-refractivity contribution in [2.24, 2.45) is 5.92 Å². The molecule has 1 saturated heterocycles. The van der Waals surface area contributed by atoms with Crippen molar-refractivity contribution in [3.8, 4) is 22.8 Å². The van der Waals surface area contributed by atoms with Gasteiger partial charge in [-0.15, -0.1) is 0 Å². The molecule has 3 aromatic heterocycles. The van der Waals surface area contributed by atoms with Crippen LogP contribution in [0.25, 0.3) is 16.9 Å². The number of methoxy groups -OCH3 is 1. The Morgan fingerprint density at radius 3 is 2.52 bits per heavy atom. The highest BCUT2D eigenvalue weighted by Crippen LogP contribution is 2.33. The van der Waals surface area contributed by atoms with Gasteiger partial charge in [-0.25, -0.2) is 14.5 Å². The minimum absolute atomic E-state index is 0.102. The summed E-state index contributed by atoms with van der Waals surface area (Å²) in [6.45, 7) is 14.1. The number of piperidine rings is 1. The van der Waals surface area contributed by atoms with Crippen LogP contribution < -0.4 is 4.74 Å². The normalized spacial score (nSPS) is 21.6. The van der Waals surface area contributed by atoms with Crippen molar-refractivity contribution in [1.82, 2.24) is 29.4 Å². The van der Waals surface area contributed by atoms with Crippen LogP contribution in [0.3, 0.4) is 0 Å². The van der Waals surface area contributed by atoms with Gasteiger partial charge in [0.1, 0.15) is 11.3 Å². The third kappa shape index (κ3) is 5.87. The van der Waals surface area contributed by atoms with Crippen LogP contribution in [0.2, 0.25) is 0 Å². The molecule has 0 radical (unpaired) electrons. The smallest absolute Gasteiger partial charge is 0.410 e. The van der Waals surface area contributed by atoms with Crippen LogP contribution in [0, 0.1) is 12.8 Å². The zero-order chi connectivity index (χ0) is 28.6. The summed E-state index contributed by atoms with van der Waals surface area (Å²) >= 11 is 0. The third-order valence-corrected chi connectivity index (χ3v) is 7.78. The first kappa shape index (κ1) is 28.1. The molecule has 2 aliphatic rings. The van der Waals surface area contributed by atoms with E-state index in [0.717, 1.165) is 60.4 Å². The van der Waals surface area contributed by atoms with E-state index in [1.807, 2.05) is 54.4 Å². The van der Waals surface area contributed by atoms with Gasteiger partial charge < -0.3 is 19.1 Å². The molecule has 0 aliphatic carbocycles. The lowest BCUT2D eigenvalue weighted by molar-refractivity contribution is -0.00864. The van der Waals surface area contributed by atoms with E-state index in [9.17, 15) is 4.79 Å². The van der Waals surface area contributed by atoms with Crippen LogP contribution in [0.15, 0.2) is 24.7 Å². The van der Waals surface area contributed by atoms with Crippen molar-refractivity contribution >= 4 is 6.09 Å². The van der Waals surface area contributed by atoms with Gasteiger partial charge in [0.2, 0.25) is 5.88 Å². The molecule has 3 aromatic rings. The van der Waals surface area contributed by atoms with Crippen molar-refractivity contribution in [3.05, 3.63) is 41.5 Å². The Morgan fingerprint density at radius 1 is 1.12 bits per heavy atom. The number of nitrogens with zero attached hydrogens (tertiary/aromatic N) is 6. The van der Waals surface area contributed by atoms with Crippen LogP contribution in [0.4, 0.5) is 4.79 Å². The van der Waals surface area contributed by atoms with Crippen molar-refractivity contribution in [1.29, 1.82) is 0 Å². The molecule has 0 aromatic carbocycles. The number of aromatic nitrogens is 5. The van der Waals surface area contributed by atoms with E-state index < -0.39 is 5.60 Å². The molecule has 0 spiro atoms. The summed E-state index contributed by atoms with van der Waals surface area (Å²) < 4.78 is 20.9. The summed E-state index contributed by atoms with van der Waals surface area (Å²) in [7, 11) is 1.64. The number of likely N-dealkylation sites (tertiary alicyclic amines) is 1. The Morgan fingerprint density at radius 2 is 1.85 bits per heavy atom.